The number of carbonyl (C=O) groups is 2. The van der Waals surface area contributed by atoms with Gasteiger partial charge in [-0.1, -0.05) is 0 Å². The fourth-order valence-corrected chi connectivity index (χ4v) is 4.92. The zero-order valence-electron chi connectivity index (χ0n) is 25.6. The Hall–Kier alpha value is -6.16. The second-order valence-corrected chi connectivity index (χ2v) is 11.0. The van der Waals surface area contributed by atoms with E-state index in [9.17, 15) is 9.59 Å². The number of nitrogens with one attached hydrogen (secondary N) is 2. The number of hydrogen-bond donors (Lipinski definition) is 0. The number of nitrogens with zero attached hydrogens (tertiary/aromatic N) is 6. The van der Waals surface area contributed by atoms with Gasteiger partial charge in [0.05, 0.1) is 10.7 Å². The van der Waals surface area contributed by atoms with E-state index in [0.717, 1.165) is 33.6 Å². The Morgan fingerprint density at radius 3 is 1.30 bits per heavy atom. The largest absolute Gasteiger partial charge is 0.357 e. The van der Waals surface area contributed by atoms with Crippen molar-refractivity contribution >= 4 is 11.8 Å². The van der Waals surface area contributed by atoms with Crippen LogP contribution in [0.2, 0.25) is 0 Å². The quantitative estimate of drug-likeness (QED) is 0.258. The fraction of sp³-hybridized carbons (Fsp3) is 0.111. The van der Waals surface area contributed by atoms with Gasteiger partial charge in [-0.05, 0) is 46.5 Å². The summed E-state index contributed by atoms with van der Waals surface area (Å²) in [5.41, 5.74) is 5.97. The van der Waals surface area contributed by atoms with E-state index in [0.29, 0.717) is 10.7 Å². The van der Waals surface area contributed by atoms with Crippen molar-refractivity contribution in [3.05, 3.63) is 145 Å². The van der Waals surface area contributed by atoms with E-state index in [1.165, 1.54) is 0 Å². The van der Waals surface area contributed by atoms with E-state index in [1.807, 2.05) is 155 Å². The summed E-state index contributed by atoms with van der Waals surface area (Å²) in [5, 5.41) is 1.28. The second kappa shape index (κ2) is 13.6. The minimum Gasteiger partial charge on any atom is -0.357 e. The van der Waals surface area contributed by atoms with Gasteiger partial charge < -0.3 is 9.13 Å². The first-order chi connectivity index (χ1) is 22.4. The molecular formula is C36H34N8O2+4. The molecule has 10 nitrogen and oxygen atoms in total. The van der Waals surface area contributed by atoms with Gasteiger partial charge in [0.25, 0.3) is 11.4 Å². The first kappa shape index (κ1) is 29.9. The van der Waals surface area contributed by atoms with Gasteiger partial charge in [-0.2, -0.15) is 9.13 Å². The Kier molecular flexibility index (Phi) is 8.87. The maximum absolute atomic E-state index is 12.5. The molecular weight excluding hydrogens is 576 g/mol. The molecule has 0 aliphatic rings. The van der Waals surface area contributed by atoms with Crippen LogP contribution in [0.5, 0.6) is 0 Å². The molecule has 0 fully saturated rings. The van der Waals surface area contributed by atoms with E-state index in [-0.39, 0.29) is 24.9 Å². The molecule has 0 radical (unpaired) electrons. The zero-order valence-corrected chi connectivity index (χ0v) is 25.6. The van der Waals surface area contributed by atoms with Crippen LogP contribution in [0.4, 0.5) is 0 Å². The number of pyridine rings is 6. The number of amides is 2. The average Bonchev–Trinajstić information content (AvgIpc) is 3.08. The van der Waals surface area contributed by atoms with Crippen LogP contribution in [0.3, 0.4) is 0 Å². The molecule has 6 rings (SSSR count). The van der Waals surface area contributed by atoms with Crippen molar-refractivity contribution in [1.82, 2.24) is 9.13 Å². The van der Waals surface area contributed by atoms with Crippen LogP contribution in [0.25, 0.3) is 33.6 Å². The summed E-state index contributed by atoms with van der Waals surface area (Å²) in [6.45, 7) is 0.323. The number of rotatable bonds is 7. The molecule has 226 valence electrons. The number of aryl methyl sites for hydroxylation is 2. The van der Waals surface area contributed by atoms with Gasteiger partial charge in [-0.15, -0.1) is 0 Å². The van der Waals surface area contributed by atoms with Crippen molar-refractivity contribution in [2.75, 3.05) is 0 Å². The number of H-pyrrole nitrogens is 2. The van der Waals surface area contributed by atoms with Gasteiger partial charge in [0, 0.05) is 87.4 Å². The van der Waals surface area contributed by atoms with Gasteiger partial charge in [-0.3, -0.25) is 9.59 Å². The van der Waals surface area contributed by atoms with Crippen molar-refractivity contribution in [3.8, 4) is 33.6 Å². The van der Waals surface area contributed by atoms with Crippen LogP contribution in [-0.2, 0) is 36.8 Å². The lowest BCUT2D eigenvalue weighted by Crippen LogP contribution is -2.36. The van der Waals surface area contributed by atoms with Crippen LogP contribution in [0, 0.1) is 0 Å². The van der Waals surface area contributed by atoms with Crippen LogP contribution < -0.4 is 29.8 Å². The minimum atomic E-state index is -0.215. The fourth-order valence-electron chi connectivity index (χ4n) is 4.92. The van der Waals surface area contributed by atoms with Crippen LogP contribution in [-0.4, -0.2) is 20.9 Å². The Labute approximate surface area is 265 Å². The standard InChI is InChI=1S/C36H32N8O2/c1-41-15-9-31(10-16-41)39-35(45)25-43-19-5-27(6-20-43)29-3-13-37-33(23-29)34-24-30(4-14-38-34)28-7-21-44(22-8-28)26-36(46)40-32-11-17-42(2)18-12-32/h3-24H,25-26H2,1-2H3/q+2/p+2. The van der Waals surface area contributed by atoms with Crippen LogP contribution in [0.1, 0.15) is 0 Å². The third kappa shape index (κ3) is 7.67. The number of aromatic amines is 2. The third-order valence-corrected chi connectivity index (χ3v) is 7.41. The van der Waals surface area contributed by atoms with Gasteiger partial charge in [-0.25, -0.2) is 20.0 Å². The van der Waals surface area contributed by atoms with Crippen molar-refractivity contribution in [2.24, 2.45) is 24.1 Å². The molecule has 0 saturated heterocycles. The van der Waals surface area contributed by atoms with Crippen molar-refractivity contribution in [2.45, 2.75) is 13.1 Å². The number of aromatic nitrogens is 6. The Morgan fingerprint density at radius 2 is 0.935 bits per heavy atom. The lowest BCUT2D eigenvalue weighted by molar-refractivity contribution is -0.684. The van der Waals surface area contributed by atoms with Gasteiger partial charge in [0.2, 0.25) is 13.1 Å². The lowest BCUT2D eigenvalue weighted by atomic mass is 10.0. The monoisotopic (exact) mass is 610 g/mol. The molecule has 6 aromatic heterocycles. The average molecular weight is 611 g/mol. The second-order valence-electron chi connectivity index (χ2n) is 11.0. The normalized spacial score (nSPS) is 10.7. The van der Waals surface area contributed by atoms with Gasteiger partial charge in [0.15, 0.2) is 37.2 Å². The lowest BCUT2D eigenvalue weighted by Gasteiger charge is -2.02. The van der Waals surface area contributed by atoms with Gasteiger partial charge >= 0.3 is 11.8 Å². The highest BCUT2D eigenvalue weighted by atomic mass is 16.2. The van der Waals surface area contributed by atoms with E-state index in [1.54, 1.807) is 0 Å². The highest BCUT2D eigenvalue weighted by Gasteiger charge is 2.17. The predicted molar refractivity (Wildman–Crippen MR) is 168 cm³/mol. The Balaban J connectivity index is 1.13. The summed E-state index contributed by atoms with van der Waals surface area (Å²) in [5.74, 6) is -0.429. The molecule has 46 heavy (non-hydrogen) atoms. The first-order valence-electron chi connectivity index (χ1n) is 14.8. The maximum Gasteiger partial charge on any atom is 0.312 e. The first-order valence-corrected chi connectivity index (χ1v) is 14.8. The molecule has 0 aromatic carbocycles. The maximum atomic E-state index is 12.5. The summed E-state index contributed by atoms with van der Waals surface area (Å²) in [4.78, 5) is 40.0. The molecule has 0 aliphatic heterocycles. The topological polar surface area (TPSA) is 105 Å². The predicted octanol–water partition coefficient (Wildman–Crippen LogP) is 1.82. The smallest absolute Gasteiger partial charge is 0.312 e. The zero-order chi connectivity index (χ0) is 31.9. The molecule has 0 bridgehead atoms. The van der Waals surface area contributed by atoms with E-state index in [2.05, 4.69) is 32.1 Å². The molecule has 2 N–H and O–H groups in total. The summed E-state index contributed by atoms with van der Waals surface area (Å²) in [6.07, 6.45) is 18.8. The molecule has 6 heterocycles. The van der Waals surface area contributed by atoms with Crippen LogP contribution in [0.15, 0.2) is 145 Å². The van der Waals surface area contributed by atoms with E-state index < -0.39 is 0 Å². The highest BCUT2D eigenvalue weighted by Crippen LogP contribution is 2.23. The third-order valence-electron chi connectivity index (χ3n) is 7.41. The molecule has 0 atom stereocenters. The van der Waals surface area contributed by atoms with Crippen LogP contribution >= 0.6 is 0 Å². The van der Waals surface area contributed by atoms with E-state index in [4.69, 9.17) is 0 Å². The molecule has 10 heteroatoms. The molecule has 0 saturated carbocycles. The van der Waals surface area contributed by atoms with Crippen molar-refractivity contribution in [3.63, 3.8) is 0 Å². The Morgan fingerprint density at radius 1 is 0.565 bits per heavy atom. The summed E-state index contributed by atoms with van der Waals surface area (Å²) < 4.78 is 7.44. The molecule has 0 aliphatic carbocycles. The highest BCUT2D eigenvalue weighted by molar-refractivity contribution is 5.76. The molecule has 0 unspecified atom stereocenters. The number of hydrogen-bond acceptors (Lipinski definition) is 2. The molecule has 6 aromatic rings. The molecule has 0 spiro atoms. The minimum absolute atomic E-state index is 0.161. The van der Waals surface area contributed by atoms with Crippen molar-refractivity contribution < 1.29 is 28.7 Å². The summed E-state index contributed by atoms with van der Waals surface area (Å²) in [7, 11) is 3.84. The summed E-state index contributed by atoms with van der Waals surface area (Å²) >= 11 is 0. The summed E-state index contributed by atoms with van der Waals surface area (Å²) in [6, 6.07) is 23.4. The SMILES string of the molecule is Cn1ccc(=NC(=O)C[n+]2ccc(-c3cc[nH+]c(-c4cc(-c5cc[n+](CC(=O)N=c6ccn(C)cc6)cc5)cc[nH+]4)c3)cc2)cc1. The Bertz CT molecular complexity index is 1970. The van der Waals surface area contributed by atoms with Crippen molar-refractivity contribution in [1.29, 1.82) is 0 Å². The van der Waals surface area contributed by atoms with Gasteiger partial charge in [0.1, 0.15) is 0 Å². The van der Waals surface area contributed by atoms with E-state index >= 15 is 0 Å². The number of carbonyl (C=O) groups excluding carboxylic acids is 2. The molecule has 2 amide bonds.